The minimum Gasteiger partial charge on any atom is -0.368 e. The fourth-order valence-corrected chi connectivity index (χ4v) is 3.57. The molecule has 2 aromatic carbocycles. The molecular weight excluding hydrogens is 321 g/mol. The van der Waals surface area contributed by atoms with Gasteiger partial charge in [-0.1, -0.05) is 41.4 Å². The first kappa shape index (κ1) is 17.0. The maximum atomic E-state index is 12.5. The van der Waals surface area contributed by atoms with Gasteiger partial charge >= 0.3 is 7.60 Å². The predicted molar refractivity (Wildman–Crippen MR) is 90.4 cm³/mol. The van der Waals surface area contributed by atoms with Crippen LogP contribution >= 0.6 is 19.2 Å². The Balaban J connectivity index is 2.34. The van der Waals surface area contributed by atoms with E-state index in [9.17, 15) is 9.46 Å². The van der Waals surface area contributed by atoms with Crippen LogP contribution in [0.15, 0.2) is 48.5 Å². The number of rotatable bonds is 6. The van der Waals surface area contributed by atoms with Crippen molar-refractivity contribution in [1.29, 1.82) is 0 Å². The van der Waals surface area contributed by atoms with Gasteiger partial charge in [-0.25, -0.2) is 0 Å². The second kappa shape index (κ2) is 7.30. The van der Waals surface area contributed by atoms with Crippen LogP contribution in [0.3, 0.4) is 0 Å². The summed E-state index contributed by atoms with van der Waals surface area (Å²) in [5.74, 6) is -0.854. The van der Waals surface area contributed by atoms with E-state index in [0.717, 1.165) is 11.3 Å². The molecule has 6 heteroatoms. The molecule has 2 rings (SSSR count). The van der Waals surface area contributed by atoms with E-state index in [-0.39, 0.29) is 6.61 Å². The smallest absolute Gasteiger partial charge is 0.354 e. The molecule has 0 radical (unpaired) electrons. The van der Waals surface area contributed by atoms with Gasteiger partial charge in [0.05, 0.1) is 6.61 Å². The summed E-state index contributed by atoms with van der Waals surface area (Å²) >= 11 is 5.89. The summed E-state index contributed by atoms with van der Waals surface area (Å²) in [5, 5.41) is 3.66. The Morgan fingerprint density at radius 3 is 2.32 bits per heavy atom. The van der Waals surface area contributed by atoms with Gasteiger partial charge in [-0.3, -0.25) is 4.57 Å². The van der Waals surface area contributed by atoms with Crippen molar-refractivity contribution >= 4 is 24.9 Å². The van der Waals surface area contributed by atoms with Crippen LogP contribution in [-0.2, 0) is 9.09 Å². The molecule has 0 amide bonds. The van der Waals surface area contributed by atoms with Crippen LogP contribution in [0.25, 0.3) is 0 Å². The minimum atomic E-state index is -3.87. The monoisotopic (exact) mass is 339 g/mol. The van der Waals surface area contributed by atoms with Gasteiger partial charge in [-0.2, -0.15) is 0 Å². The average molecular weight is 340 g/mol. The molecule has 0 heterocycles. The summed E-state index contributed by atoms with van der Waals surface area (Å²) in [6.45, 7) is 3.83. The number of nitrogens with one attached hydrogen (secondary N) is 1. The van der Waals surface area contributed by atoms with Crippen LogP contribution in [0, 0.1) is 6.92 Å². The number of hydrogen-bond donors (Lipinski definition) is 2. The number of aryl methyl sites for hydroxylation is 1. The summed E-state index contributed by atoms with van der Waals surface area (Å²) in [7, 11) is -3.87. The van der Waals surface area contributed by atoms with Gasteiger partial charge in [0.25, 0.3) is 0 Å². The lowest BCUT2D eigenvalue weighted by atomic mass is 10.2. The Morgan fingerprint density at radius 1 is 1.18 bits per heavy atom. The molecule has 0 saturated heterocycles. The molecule has 4 nitrogen and oxygen atoms in total. The zero-order valence-electron chi connectivity index (χ0n) is 12.5. The van der Waals surface area contributed by atoms with E-state index in [1.165, 1.54) is 0 Å². The van der Waals surface area contributed by atoms with Gasteiger partial charge in [0.15, 0.2) is 5.78 Å². The number of hydrogen-bond acceptors (Lipinski definition) is 3. The maximum Gasteiger partial charge on any atom is 0.354 e. The highest BCUT2D eigenvalue weighted by molar-refractivity contribution is 7.53. The first-order chi connectivity index (χ1) is 10.4. The average Bonchev–Trinajstić information content (AvgIpc) is 2.47. The van der Waals surface area contributed by atoms with Gasteiger partial charge in [0.2, 0.25) is 0 Å². The molecule has 0 aromatic heterocycles. The normalized spacial score (nSPS) is 15.1. The van der Waals surface area contributed by atoms with Crippen molar-refractivity contribution < 1.29 is 14.0 Å². The second-order valence-electron chi connectivity index (χ2n) is 4.95. The second-order valence-corrected chi connectivity index (χ2v) is 7.29. The molecule has 22 heavy (non-hydrogen) atoms. The van der Waals surface area contributed by atoms with E-state index in [1.54, 1.807) is 31.2 Å². The van der Waals surface area contributed by atoms with E-state index >= 15 is 0 Å². The fraction of sp³-hybridized carbons (Fsp3) is 0.250. The third-order valence-corrected chi connectivity index (χ3v) is 5.14. The van der Waals surface area contributed by atoms with Crippen molar-refractivity contribution in [2.45, 2.75) is 19.6 Å². The Morgan fingerprint density at radius 2 is 1.77 bits per heavy atom. The zero-order valence-corrected chi connectivity index (χ0v) is 14.1. The molecule has 0 bridgehead atoms. The van der Waals surface area contributed by atoms with Crippen LogP contribution in [-0.4, -0.2) is 11.5 Å². The van der Waals surface area contributed by atoms with E-state index < -0.39 is 13.4 Å². The summed E-state index contributed by atoms with van der Waals surface area (Å²) in [6.07, 6.45) is 0. The Hall–Kier alpha value is -1.32. The minimum absolute atomic E-state index is 0.160. The molecule has 0 aliphatic carbocycles. The van der Waals surface area contributed by atoms with Crippen LogP contribution in [0.1, 0.15) is 23.8 Å². The number of anilines is 1. The predicted octanol–water partition coefficient (Wildman–Crippen LogP) is 4.98. The molecule has 0 spiro atoms. The van der Waals surface area contributed by atoms with Crippen LogP contribution in [0.4, 0.5) is 5.69 Å². The lowest BCUT2D eigenvalue weighted by Crippen LogP contribution is -2.13. The van der Waals surface area contributed by atoms with Crippen molar-refractivity contribution in [3.8, 4) is 0 Å². The summed E-state index contributed by atoms with van der Waals surface area (Å²) in [5.41, 5.74) is 2.51. The summed E-state index contributed by atoms with van der Waals surface area (Å²) in [6, 6.07) is 14.4. The molecule has 0 saturated carbocycles. The molecule has 1 unspecified atom stereocenters. The SMILES string of the molecule is CCOP(=O)(O)[C@H](Nc1ccc(C)cc1)c1ccc(Cl)cc1. The van der Waals surface area contributed by atoms with E-state index in [1.807, 2.05) is 31.2 Å². The third kappa shape index (κ3) is 4.34. The van der Waals surface area contributed by atoms with Gasteiger partial charge in [-0.05, 0) is 43.7 Å². The summed E-state index contributed by atoms with van der Waals surface area (Å²) < 4.78 is 17.6. The van der Waals surface area contributed by atoms with Crippen molar-refractivity contribution in [2.75, 3.05) is 11.9 Å². The Kier molecular flexibility index (Phi) is 5.65. The van der Waals surface area contributed by atoms with Gasteiger partial charge in [0.1, 0.15) is 0 Å². The molecular formula is C16H19ClNO3P. The van der Waals surface area contributed by atoms with E-state index in [4.69, 9.17) is 16.1 Å². The fourth-order valence-electron chi connectivity index (χ4n) is 2.07. The Bertz CT molecular complexity index is 658. The molecule has 0 fully saturated rings. The summed E-state index contributed by atoms with van der Waals surface area (Å²) in [4.78, 5) is 10.3. The molecule has 0 aliphatic rings. The van der Waals surface area contributed by atoms with Crippen LogP contribution in [0.2, 0.25) is 5.02 Å². The maximum absolute atomic E-state index is 12.5. The lowest BCUT2D eigenvalue weighted by molar-refractivity contribution is 0.267. The largest absolute Gasteiger partial charge is 0.368 e. The standard InChI is InChI=1S/C16H19ClNO3P/c1-3-21-22(19,20)16(13-6-8-14(17)9-7-13)18-15-10-4-12(2)5-11-15/h4-11,16,18H,3H2,1-2H3,(H,19,20)/t16-/m0/s1. The van der Waals surface area contributed by atoms with Crippen molar-refractivity contribution in [3.63, 3.8) is 0 Å². The molecule has 0 aliphatic heterocycles. The van der Waals surface area contributed by atoms with Gasteiger partial charge < -0.3 is 14.7 Å². The Labute approximate surface area is 135 Å². The van der Waals surface area contributed by atoms with E-state index in [2.05, 4.69) is 5.32 Å². The number of benzene rings is 2. The first-order valence-electron chi connectivity index (χ1n) is 6.98. The highest BCUT2D eigenvalue weighted by Gasteiger charge is 2.33. The lowest BCUT2D eigenvalue weighted by Gasteiger charge is -2.24. The van der Waals surface area contributed by atoms with Crippen LogP contribution < -0.4 is 5.32 Å². The zero-order chi connectivity index (χ0) is 16.2. The first-order valence-corrected chi connectivity index (χ1v) is 9.00. The molecule has 2 aromatic rings. The topological polar surface area (TPSA) is 58.6 Å². The van der Waals surface area contributed by atoms with E-state index in [0.29, 0.717) is 10.6 Å². The molecule has 2 N–H and O–H groups in total. The van der Waals surface area contributed by atoms with Gasteiger partial charge in [0, 0.05) is 10.7 Å². The van der Waals surface area contributed by atoms with Crippen molar-refractivity contribution in [2.24, 2.45) is 0 Å². The molecule has 118 valence electrons. The highest BCUT2D eigenvalue weighted by atomic mass is 35.5. The van der Waals surface area contributed by atoms with Gasteiger partial charge in [-0.15, -0.1) is 0 Å². The third-order valence-electron chi connectivity index (χ3n) is 3.18. The van der Waals surface area contributed by atoms with Crippen molar-refractivity contribution in [3.05, 3.63) is 64.7 Å². The van der Waals surface area contributed by atoms with Crippen molar-refractivity contribution in [1.82, 2.24) is 0 Å². The molecule has 2 atom stereocenters. The number of halogens is 1. The van der Waals surface area contributed by atoms with Crippen LogP contribution in [0.5, 0.6) is 0 Å². The quantitative estimate of drug-likeness (QED) is 0.729. The highest BCUT2D eigenvalue weighted by Crippen LogP contribution is 2.56.